The van der Waals surface area contributed by atoms with E-state index in [1.165, 1.54) is 18.2 Å². The van der Waals surface area contributed by atoms with E-state index in [0.29, 0.717) is 22.5 Å². The maximum Gasteiger partial charge on any atom is 0.305 e. The standard InChI is InChI=1S/C24H26FN2O5P/c1-16(2)23-21(12-13-33(31,32)15-20(28)14-22(29)30)24(17-8-10-18(25)11-9-17)27(26-23)19-6-4-3-5-7-19/h3-13,16,20,28H,14-15H2,1-2H3,(H,29,30)(H,31,32). The molecule has 0 aliphatic carbocycles. The van der Waals surface area contributed by atoms with Gasteiger partial charge in [-0.2, -0.15) is 5.10 Å². The normalized spacial score (nSPS) is 14.5. The van der Waals surface area contributed by atoms with Crippen LogP contribution < -0.4 is 0 Å². The Morgan fingerprint density at radius 1 is 1.15 bits per heavy atom. The van der Waals surface area contributed by atoms with E-state index in [1.54, 1.807) is 16.8 Å². The highest BCUT2D eigenvalue weighted by molar-refractivity contribution is 7.61. The van der Waals surface area contributed by atoms with Crippen molar-refractivity contribution in [2.75, 3.05) is 6.16 Å². The molecule has 33 heavy (non-hydrogen) atoms. The Bertz CT molecular complexity index is 1190. The fourth-order valence-electron chi connectivity index (χ4n) is 3.50. The minimum absolute atomic E-state index is 0.0375. The zero-order valence-electron chi connectivity index (χ0n) is 18.3. The Morgan fingerprint density at radius 3 is 2.36 bits per heavy atom. The van der Waals surface area contributed by atoms with Gasteiger partial charge in [-0.3, -0.25) is 9.36 Å². The number of aliphatic carboxylic acids is 1. The van der Waals surface area contributed by atoms with Gasteiger partial charge in [0.05, 0.1) is 35.8 Å². The number of aromatic nitrogens is 2. The van der Waals surface area contributed by atoms with E-state index in [1.807, 2.05) is 44.2 Å². The third-order valence-corrected chi connectivity index (χ3v) is 6.53. The van der Waals surface area contributed by atoms with Gasteiger partial charge in [0.15, 0.2) is 0 Å². The molecule has 2 aromatic carbocycles. The van der Waals surface area contributed by atoms with Crippen molar-refractivity contribution in [3.8, 4) is 16.9 Å². The zero-order chi connectivity index (χ0) is 24.2. The lowest BCUT2D eigenvalue weighted by Gasteiger charge is -2.12. The molecule has 9 heteroatoms. The highest BCUT2D eigenvalue weighted by atomic mass is 31.2. The van der Waals surface area contributed by atoms with Crippen LogP contribution in [0.2, 0.25) is 0 Å². The number of aliphatic hydroxyl groups excluding tert-OH is 1. The lowest BCUT2D eigenvalue weighted by Crippen LogP contribution is -2.16. The number of carboxylic acid groups (broad SMARTS) is 1. The van der Waals surface area contributed by atoms with Gasteiger partial charge in [0.25, 0.3) is 0 Å². The average molecular weight is 472 g/mol. The Kier molecular flexibility index (Phi) is 7.64. The predicted octanol–water partition coefficient (Wildman–Crippen LogP) is 4.88. The summed E-state index contributed by atoms with van der Waals surface area (Å²) in [6.07, 6.45) is -1.17. The van der Waals surface area contributed by atoms with Crippen LogP contribution >= 0.6 is 7.37 Å². The van der Waals surface area contributed by atoms with Crippen LogP contribution in [0.5, 0.6) is 0 Å². The van der Waals surface area contributed by atoms with E-state index < -0.39 is 37.8 Å². The summed E-state index contributed by atoms with van der Waals surface area (Å²) in [5.41, 5.74) is 3.30. The van der Waals surface area contributed by atoms with Crippen LogP contribution in [0.3, 0.4) is 0 Å². The Hall–Kier alpha value is -3.06. The molecule has 2 unspecified atom stereocenters. The van der Waals surface area contributed by atoms with Gasteiger partial charge in [0.2, 0.25) is 7.37 Å². The molecular weight excluding hydrogens is 446 g/mol. The number of para-hydroxylation sites is 1. The van der Waals surface area contributed by atoms with Gasteiger partial charge < -0.3 is 15.1 Å². The van der Waals surface area contributed by atoms with Crippen LogP contribution in [0, 0.1) is 5.82 Å². The summed E-state index contributed by atoms with van der Waals surface area (Å²) in [4.78, 5) is 21.1. The summed E-state index contributed by atoms with van der Waals surface area (Å²) < 4.78 is 28.0. The Morgan fingerprint density at radius 2 is 1.79 bits per heavy atom. The number of carboxylic acids is 1. The van der Waals surface area contributed by atoms with E-state index >= 15 is 0 Å². The van der Waals surface area contributed by atoms with Crippen molar-refractivity contribution in [3.05, 3.63) is 77.5 Å². The van der Waals surface area contributed by atoms with Crippen LogP contribution in [0.1, 0.15) is 37.4 Å². The van der Waals surface area contributed by atoms with Crippen molar-refractivity contribution in [1.82, 2.24) is 9.78 Å². The SMILES string of the molecule is CC(C)c1nn(-c2ccccc2)c(-c2ccc(F)cc2)c1C=CP(=O)(O)CC(O)CC(=O)O. The van der Waals surface area contributed by atoms with Crippen LogP contribution in [0.4, 0.5) is 4.39 Å². The van der Waals surface area contributed by atoms with E-state index in [-0.39, 0.29) is 5.92 Å². The highest BCUT2D eigenvalue weighted by Crippen LogP contribution is 2.45. The lowest BCUT2D eigenvalue weighted by molar-refractivity contribution is -0.138. The number of nitrogens with zero attached hydrogens (tertiary/aromatic N) is 2. The molecule has 0 amide bonds. The first-order valence-corrected chi connectivity index (χ1v) is 12.3. The van der Waals surface area contributed by atoms with Crippen LogP contribution in [0.15, 0.2) is 60.4 Å². The van der Waals surface area contributed by atoms with Gasteiger partial charge in [-0.1, -0.05) is 32.0 Å². The zero-order valence-corrected chi connectivity index (χ0v) is 19.2. The van der Waals surface area contributed by atoms with Gasteiger partial charge >= 0.3 is 5.97 Å². The number of aliphatic hydroxyl groups is 1. The largest absolute Gasteiger partial charge is 0.481 e. The third-order valence-electron chi connectivity index (χ3n) is 4.97. The van der Waals surface area contributed by atoms with Crippen molar-refractivity contribution in [3.63, 3.8) is 0 Å². The number of carbonyl (C=O) groups is 1. The molecule has 0 saturated heterocycles. The van der Waals surface area contributed by atoms with Gasteiger partial charge in [-0.05, 0) is 48.4 Å². The number of halogens is 1. The van der Waals surface area contributed by atoms with Crippen LogP contribution in [-0.4, -0.2) is 43.1 Å². The monoisotopic (exact) mass is 472 g/mol. The smallest absolute Gasteiger partial charge is 0.305 e. The van der Waals surface area contributed by atoms with Gasteiger partial charge in [-0.25, -0.2) is 9.07 Å². The summed E-state index contributed by atoms with van der Waals surface area (Å²) in [5.74, 6) is -0.581. The molecule has 3 N–H and O–H groups in total. The molecule has 174 valence electrons. The molecule has 2 atom stereocenters. The topological polar surface area (TPSA) is 113 Å². The first-order valence-electron chi connectivity index (χ1n) is 10.4. The lowest BCUT2D eigenvalue weighted by atomic mass is 10.00. The Labute approximate surface area is 191 Å². The van der Waals surface area contributed by atoms with E-state index in [4.69, 9.17) is 10.2 Å². The summed E-state index contributed by atoms with van der Waals surface area (Å²) in [6, 6.07) is 15.2. The maximum atomic E-state index is 13.6. The molecule has 0 fully saturated rings. The molecule has 0 radical (unpaired) electrons. The second-order valence-electron chi connectivity index (χ2n) is 8.06. The van der Waals surface area contributed by atoms with Crippen LogP contribution in [0.25, 0.3) is 23.0 Å². The molecular formula is C24H26FN2O5P. The summed E-state index contributed by atoms with van der Waals surface area (Å²) in [5, 5.41) is 23.4. The molecule has 0 spiro atoms. The summed E-state index contributed by atoms with van der Waals surface area (Å²) in [6.45, 7) is 3.89. The van der Waals surface area contributed by atoms with Gasteiger partial charge in [-0.15, -0.1) is 0 Å². The third kappa shape index (κ3) is 6.26. The minimum Gasteiger partial charge on any atom is -0.481 e. The van der Waals surface area contributed by atoms with Gasteiger partial charge in [0, 0.05) is 16.9 Å². The van der Waals surface area contributed by atoms with Crippen molar-refractivity contribution >= 4 is 19.4 Å². The molecule has 7 nitrogen and oxygen atoms in total. The first-order chi connectivity index (χ1) is 15.6. The second-order valence-corrected chi connectivity index (χ2v) is 10.2. The van der Waals surface area contributed by atoms with Crippen molar-refractivity contribution in [2.24, 2.45) is 0 Å². The summed E-state index contributed by atoms with van der Waals surface area (Å²) >= 11 is 0. The van der Waals surface area contributed by atoms with Crippen LogP contribution in [-0.2, 0) is 9.36 Å². The molecule has 1 aromatic heterocycles. The second kappa shape index (κ2) is 10.3. The highest BCUT2D eigenvalue weighted by Gasteiger charge is 2.25. The van der Waals surface area contributed by atoms with Gasteiger partial charge in [0.1, 0.15) is 5.82 Å². The quantitative estimate of drug-likeness (QED) is 0.383. The van der Waals surface area contributed by atoms with E-state index in [9.17, 15) is 23.7 Å². The fraction of sp³-hybridized carbons (Fsp3) is 0.250. The van der Waals surface area contributed by atoms with Crippen molar-refractivity contribution in [1.29, 1.82) is 0 Å². The number of benzene rings is 2. The minimum atomic E-state index is -3.99. The van der Waals surface area contributed by atoms with E-state index in [2.05, 4.69) is 0 Å². The molecule has 3 aromatic rings. The molecule has 0 aliphatic heterocycles. The molecule has 0 bridgehead atoms. The number of hydrogen-bond acceptors (Lipinski definition) is 4. The molecule has 0 saturated carbocycles. The molecule has 0 aliphatic rings. The predicted molar refractivity (Wildman–Crippen MR) is 125 cm³/mol. The first kappa shape index (κ1) is 24.6. The van der Waals surface area contributed by atoms with Crippen molar-refractivity contribution in [2.45, 2.75) is 32.3 Å². The molecule has 3 rings (SSSR count). The summed E-state index contributed by atoms with van der Waals surface area (Å²) in [7, 11) is -3.99. The fourth-order valence-corrected chi connectivity index (χ4v) is 4.74. The molecule has 1 heterocycles. The number of hydrogen-bond donors (Lipinski definition) is 3. The van der Waals surface area contributed by atoms with E-state index in [0.717, 1.165) is 11.5 Å². The van der Waals surface area contributed by atoms with Crippen molar-refractivity contribution < 1.29 is 28.9 Å². The average Bonchev–Trinajstić information content (AvgIpc) is 3.12. The maximum absolute atomic E-state index is 13.6. The Balaban J connectivity index is 2.14. The number of rotatable bonds is 9.